The standard InChI is InChI=1S/C10H13N3S2/c1-6-5-15-9(12-6)8(3)13-7(2)4-11-10(13)14/h4-5,8H,1-3H3,(H,11,14). The van der Waals surface area contributed by atoms with Gasteiger partial charge in [0.05, 0.1) is 6.04 Å². The minimum atomic E-state index is 0.211. The fourth-order valence-electron chi connectivity index (χ4n) is 1.62. The van der Waals surface area contributed by atoms with Crippen LogP contribution in [0.3, 0.4) is 0 Å². The third-order valence-corrected chi connectivity index (χ3v) is 3.83. The second-order valence-electron chi connectivity index (χ2n) is 3.61. The molecular weight excluding hydrogens is 226 g/mol. The number of H-pyrrole nitrogens is 1. The van der Waals surface area contributed by atoms with E-state index in [1.54, 1.807) is 11.3 Å². The summed E-state index contributed by atoms with van der Waals surface area (Å²) in [5.41, 5.74) is 2.21. The van der Waals surface area contributed by atoms with Crippen molar-refractivity contribution in [1.82, 2.24) is 14.5 Å². The fourth-order valence-corrected chi connectivity index (χ4v) is 2.83. The molecule has 1 N–H and O–H groups in total. The van der Waals surface area contributed by atoms with E-state index in [0.29, 0.717) is 0 Å². The van der Waals surface area contributed by atoms with Crippen molar-refractivity contribution in [3.63, 3.8) is 0 Å². The van der Waals surface area contributed by atoms with E-state index < -0.39 is 0 Å². The molecule has 2 aromatic rings. The maximum absolute atomic E-state index is 5.24. The number of aromatic amines is 1. The molecule has 0 fully saturated rings. The van der Waals surface area contributed by atoms with E-state index in [2.05, 4.69) is 26.8 Å². The molecule has 2 rings (SSSR count). The molecule has 2 heterocycles. The largest absolute Gasteiger partial charge is 0.337 e. The molecular formula is C10H13N3S2. The van der Waals surface area contributed by atoms with Gasteiger partial charge >= 0.3 is 0 Å². The van der Waals surface area contributed by atoms with Gasteiger partial charge in [-0.15, -0.1) is 11.3 Å². The summed E-state index contributed by atoms with van der Waals surface area (Å²) in [6.45, 7) is 6.17. The van der Waals surface area contributed by atoms with Crippen LogP contribution < -0.4 is 0 Å². The monoisotopic (exact) mass is 239 g/mol. The summed E-state index contributed by atoms with van der Waals surface area (Å²) in [6.07, 6.45) is 1.93. The Labute approximate surface area is 97.8 Å². The summed E-state index contributed by atoms with van der Waals surface area (Å²) < 4.78 is 2.85. The molecule has 0 saturated heterocycles. The number of hydrogen-bond donors (Lipinski definition) is 1. The predicted octanol–water partition coefficient (Wildman–Crippen LogP) is 3.23. The normalized spacial score (nSPS) is 13.0. The van der Waals surface area contributed by atoms with E-state index in [4.69, 9.17) is 12.2 Å². The van der Waals surface area contributed by atoms with Crippen molar-refractivity contribution in [1.29, 1.82) is 0 Å². The average Bonchev–Trinajstić information content (AvgIpc) is 2.73. The minimum absolute atomic E-state index is 0.211. The van der Waals surface area contributed by atoms with E-state index in [1.807, 2.05) is 20.0 Å². The minimum Gasteiger partial charge on any atom is -0.337 e. The molecule has 1 unspecified atom stereocenters. The molecule has 0 amide bonds. The molecule has 3 nitrogen and oxygen atoms in total. The smallest absolute Gasteiger partial charge is 0.177 e. The first-order valence-corrected chi connectivity index (χ1v) is 6.07. The highest BCUT2D eigenvalue weighted by Crippen LogP contribution is 2.23. The van der Waals surface area contributed by atoms with E-state index >= 15 is 0 Å². The van der Waals surface area contributed by atoms with Gasteiger partial charge in [-0.3, -0.25) is 0 Å². The lowest BCUT2D eigenvalue weighted by Crippen LogP contribution is -2.08. The van der Waals surface area contributed by atoms with Crippen molar-refractivity contribution in [3.05, 3.63) is 32.7 Å². The van der Waals surface area contributed by atoms with Gasteiger partial charge in [0.2, 0.25) is 0 Å². The third kappa shape index (κ3) is 1.89. The molecule has 0 spiro atoms. The SMILES string of the molecule is Cc1csc(C(C)n2c(C)c[nH]c2=S)n1. The van der Waals surface area contributed by atoms with Gasteiger partial charge in [-0.05, 0) is 33.0 Å². The van der Waals surface area contributed by atoms with Gasteiger partial charge < -0.3 is 9.55 Å². The first-order valence-electron chi connectivity index (χ1n) is 4.78. The molecule has 80 valence electrons. The Kier molecular flexibility index (Phi) is 2.75. The van der Waals surface area contributed by atoms with Gasteiger partial charge in [0.25, 0.3) is 0 Å². The van der Waals surface area contributed by atoms with Gasteiger partial charge in [-0.25, -0.2) is 4.98 Å². The van der Waals surface area contributed by atoms with E-state index in [0.717, 1.165) is 21.2 Å². The average molecular weight is 239 g/mol. The lowest BCUT2D eigenvalue weighted by molar-refractivity contribution is 0.610. The zero-order chi connectivity index (χ0) is 11.0. The quantitative estimate of drug-likeness (QED) is 0.816. The summed E-state index contributed by atoms with van der Waals surface area (Å²) >= 11 is 6.92. The third-order valence-electron chi connectivity index (χ3n) is 2.38. The molecule has 0 saturated carbocycles. The van der Waals surface area contributed by atoms with Gasteiger partial charge in [-0.1, -0.05) is 0 Å². The van der Waals surface area contributed by atoms with Crippen LogP contribution in [0.15, 0.2) is 11.6 Å². The van der Waals surface area contributed by atoms with Crippen LogP contribution in [0.1, 0.15) is 29.4 Å². The van der Waals surface area contributed by atoms with E-state index in [1.165, 1.54) is 0 Å². The van der Waals surface area contributed by atoms with Crippen LogP contribution in [0.25, 0.3) is 0 Å². The molecule has 15 heavy (non-hydrogen) atoms. The summed E-state index contributed by atoms with van der Waals surface area (Å²) in [4.78, 5) is 7.54. The maximum atomic E-state index is 5.24. The fraction of sp³-hybridized carbons (Fsp3) is 0.400. The Morgan fingerprint density at radius 3 is 2.73 bits per heavy atom. The Morgan fingerprint density at radius 2 is 2.27 bits per heavy atom. The second kappa shape index (κ2) is 3.90. The van der Waals surface area contributed by atoms with Crippen LogP contribution in [0.5, 0.6) is 0 Å². The molecule has 2 aromatic heterocycles. The Balaban J connectivity index is 2.44. The topological polar surface area (TPSA) is 33.6 Å². The summed E-state index contributed by atoms with van der Waals surface area (Å²) in [5.74, 6) is 0. The highest BCUT2D eigenvalue weighted by molar-refractivity contribution is 7.71. The van der Waals surface area contributed by atoms with Crippen molar-refractivity contribution < 1.29 is 0 Å². The maximum Gasteiger partial charge on any atom is 0.177 e. The van der Waals surface area contributed by atoms with Crippen molar-refractivity contribution in [3.8, 4) is 0 Å². The van der Waals surface area contributed by atoms with Crippen LogP contribution in [-0.4, -0.2) is 14.5 Å². The van der Waals surface area contributed by atoms with Crippen molar-refractivity contribution in [2.75, 3.05) is 0 Å². The number of thiazole rings is 1. The van der Waals surface area contributed by atoms with Crippen LogP contribution in [0, 0.1) is 18.6 Å². The number of nitrogens with zero attached hydrogens (tertiary/aromatic N) is 2. The molecule has 0 aliphatic heterocycles. The number of hydrogen-bond acceptors (Lipinski definition) is 3. The van der Waals surface area contributed by atoms with E-state index in [9.17, 15) is 0 Å². The first-order chi connectivity index (χ1) is 7.09. The van der Waals surface area contributed by atoms with Crippen LogP contribution in [0.2, 0.25) is 0 Å². The lowest BCUT2D eigenvalue weighted by atomic mass is 10.3. The zero-order valence-corrected chi connectivity index (χ0v) is 10.6. The second-order valence-corrected chi connectivity index (χ2v) is 4.88. The van der Waals surface area contributed by atoms with Crippen LogP contribution >= 0.6 is 23.6 Å². The van der Waals surface area contributed by atoms with Gasteiger partial charge in [0.15, 0.2) is 4.77 Å². The van der Waals surface area contributed by atoms with Gasteiger partial charge in [-0.2, -0.15) is 0 Å². The van der Waals surface area contributed by atoms with Crippen molar-refractivity contribution in [2.45, 2.75) is 26.8 Å². The number of aromatic nitrogens is 3. The Bertz CT molecular complexity index is 521. The predicted molar refractivity (Wildman–Crippen MR) is 65.0 cm³/mol. The van der Waals surface area contributed by atoms with Gasteiger partial charge in [0, 0.05) is 23.0 Å². The Hall–Kier alpha value is -0.940. The van der Waals surface area contributed by atoms with Crippen molar-refractivity contribution >= 4 is 23.6 Å². The molecule has 5 heteroatoms. The number of aryl methyl sites for hydroxylation is 2. The molecule has 0 radical (unpaired) electrons. The summed E-state index contributed by atoms with van der Waals surface area (Å²) in [7, 11) is 0. The highest BCUT2D eigenvalue weighted by atomic mass is 32.1. The molecule has 1 atom stereocenters. The van der Waals surface area contributed by atoms with E-state index in [-0.39, 0.29) is 6.04 Å². The number of rotatable bonds is 2. The summed E-state index contributed by atoms with van der Waals surface area (Å²) in [5, 5.41) is 3.17. The Morgan fingerprint density at radius 1 is 1.53 bits per heavy atom. The molecule has 0 aromatic carbocycles. The molecule has 0 aliphatic rings. The first kappa shape index (κ1) is 10.6. The van der Waals surface area contributed by atoms with Gasteiger partial charge in [0.1, 0.15) is 5.01 Å². The molecule has 0 bridgehead atoms. The van der Waals surface area contributed by atoms with Crippen LogP contribution in [-0.2, 0) is 0 Å². The summed E-state index contributed by atoms with van der Waals surface area (Å²) in [6, 6.07) is 0.211. The number of nitrogens with one attached hydrogen (secondary N) is 1. The zero-order valence-electron chi connectivity index (χ0n) is 8.94. The van der Waals surface area contributed by atoms with Crippen LogP contribution in [0.4, 0.5) is 0 Å². The highest BCUT2D eigenvalue weighted by Gasteiger charge is 2.13. The lowest BCUT2D eigenvalue weighted by Gasteiger charge is -2.12. The molecule has 0 aliphatic carbocycles. The van der Waals surface area contributed by atoms with Crippen molar-refractivity contribution in [2.24, 2.45) is 0 Å². The number of imidazole rings is 1.